The van der Waals surface area contributed by atoms with Gasteiger partial charge in [-0.15, -0.1) is 0 Å². The normalized spacial score (nSPS) is 16.0. The fraction of sp³-hybridized carbons (Fsp3) is 0.200. The molecule has 0 aliphatic carbocycles. The average Bonchev–Trinajstić information content (AvgIpc) is 3.40. The Bertz CT molecular complexity index is 1670. The molecule has 2 atom stereocenters. The second-order valence-corrected chi connectivity index (χ2v) is 10.4. The van der Waals surface area contributed by atoms with Crippen molar-refractivity contribution in [3.8, 4) is 0 Å². The quantitative estimate of drug-likeness (QED) is 0.233. The van der Waals surface area contributed by atoms with Crippen molar-refractivity contribution >= 4 is 35.6 Å². The monoisotopic (exact) mass is 591 g/mol. The topological polar surface area (TPSA) is 116 Å². The Kier molecular flexibility index (Phi) is 10.1. The van der Waals surface area contributed by atoms with Crippen molar-refractivity contribution in [1.29, 1.82) is 0 Å². The first-order valence-corrected chi connectivity index (χ1v) is 14.4. The van der Waals surface area contributed by atoms with E-state index in [2.05, 4.69) is 10.6 Å². The number of benzene rings is 3. The fourth-order valence-electron chi connectivity index (χ4n) is 4.77. The van der Waals surface area contributed by atoms with Gasteiger partial charge in [-0.3, -0.25) is 19.0 Å². The summed E-state index contributed by atoms with van der Waals surface area (Å²) < 4.78 is 12.3. The van der Waals surface area contributed by atoms with Crippen molar-refractivity contribution in [2.45, 2.75) is 44.7 Å². The maximum atomic E-state index is 13.5. The van der Waals surface area contributed by atoms with Crippen molar-refractivity contribution in [2.24, 2.45) is 0 Å². The summed E-state index contributed by atoms with van der Waals surface area (Å²) in [5.41, 5.74) is 2.82. The lowest BCUT2D eigenvalue weighted by atomic mass is 10.1. The largest absolute Gasteiger partial charge is 0.434 e. The van der Waals surface area contributed by atoms with Crippen LogP contribution in [0, 0.1) is 0 Å². The Morgan fingerprint density at radius 3 is 2.18 bits per heavy atom. The molecule has 2 N–H and O–H groups in total. The van der Waals surface area contributed by atoms with E-state index in [1.54, 1.807) is 12.1 Å². The van der Waals surface area contributed by atoms with Crippen molar-refractivity contribution in [3.05, 3.63) is 136 Å². The zero-order chi connectivity index (χ0) is 30.7. The molecule has 1 fully saturated rings. The molecular weight excluding hydrogens is 558 g/mol. The van der Waals surface area contributed by atoms with Gasteiger partial charge in [-0.25, -0.2) is 4.79 Å². The van der Waals surface area contributed by atoms with Crippen molar-refractivity contribution < 1.29 is 23.9 Å². The highest BCUT2D eigenvalue weighted by Crippen LogP contribution is 2.18. The molecule has 224 valence electrons. The van der Waals surface area contributed by atoms with Crippen LogP contribution >= 0.6 is 0 Å². The molecular formula is C35H33N3O6. The molecule has 2 amide bonds. The van der Waals surface area contributed by atoms with E-state index in [-0.39, 0.29) is 37.6 Å². The SMILES string of the molecule is O=C(CCc1ccccc1)Nc1ccc(C=Cc2ccccc2)n(CC(=O)NC2CC(OCc3ccccc3)OC2=O)c1=O. The van der Waals surface area contributed by atoms with Gasteiger partial charge in [0.05, 0.1) is 6.61 Å². The molecule has 44 heavy (non-hydrogen) atoms. The van der Waals surface area contributed by atoms with Crippen LogP contribution in [0.1, 0.15) is 35.2 Å². The molecule has 0 bridgehead atoms. The summed E-state index contributed by atoms with van der Waals surface area (Å²) >= 11 is 0. The number of nitrogens with zero attached hydrogens (tertiary/aromatic N) is 1. The van der Waals surface area contributed by atoms with Crippen LogP contribution in [0.4, 0.5) is 5.69 Å². The number of carbonyl (C=O) groups is 3. The van der Waals surface area contributed by atoms with Crippen LogP contribution in [0.3, 0.4) is 0 Å². The molecule has 2 heterocycles. The van der Waals surface area contributed by atoms with Gasteiger partial charge in [-0.2, -0.15) is 0 Å². The van der Waals surface area contributed by atoms with Crippen LogP contribution < -0.4 is 16.2 Å². The van der Waals surface area contributed by atoms with E-state index in [1.807, 2.05) is 97.1 Å². The predicted molar refractivity (Wildman–Crippen MR) is 167 cm³/mol. The van der Waals surface area contributed by atoms with Crippen molar-refractivity contribution in [2.75, 3.05) is 5.32 Å². The Labute approximate surface area is 255 Å². The summed E-state index contributed by atoms with van der Waals surface area (Å²) in [6.45, 7) is -0.115. The van der Waals surface area contributed by atoms with Gasteiger partial charge in [-0.1, -0.05) is 97.1 Å². The number of rotatable bonds is 12. The van der Waals surface area contributed by atoms with Crippen LogP contribution in [0.15, 0.2) is 108 Å². The fourth-order valence-corrected chi connectivity index (χ4v) is 4.77. The summed E-state index contributed by atoms with van der Waals surface area (Å²) in [4.78, 5) is 51.8. The first kappa shape index (κ1) is 30.2. The van der Waals surface area contributed by atoms with Crippen LogP contribution in [0.5, 0.6) is 0 Å². The first-order valence-electron chi connectivity index (χ1n) is 14.4. The Hall–Kier alpha value is -5.28. The number of amides is 2. The summed E-state index contributed by atoms with van der Waals surface area (Å²) in [7, 11) is 0. The highest BCUT2D eigenvalue weighted by molar-refractivity contribution is 5.91. The van der Waals surface area contributed by atoms with Gasteiger partial charge in [0.1, 0.15) is 18.3 Å². The van der Waals surface area contributed by atoms with E-state index in [4.69, 9.17) is 9.47 Å². The number of hydrogen-bond acceptors (Lipinski definition) is 6. The van der Waals surface area contributed by atoms with E-state index >= 15 is 0 Å². The van der Waals surface area contributed by atoms with Gasteiger partial charge in [0.2, 0.25) is 18.1 Å². The second-order valence-electron chi connectivity index (χ2n) is 10.4. The standard InChI is InChI=1S/C35H33N3O6/c39-31(21-17-26-12-6-2-7-13-26)36-29-20-19-28(18-16-25-10-4-1-5-11-25)38(34(29)41)23-32(40)37-30-22-33(44-35(30)42)43-24-27-14-8-3-9-15-27/h1-16,18-20,30,33H,17,21-24H2,(H,36,39)(H,37,40). The van der Waals surface area contributed by atoms with Crippen LogP contribution in [0.25, 0.3) is 12.2 Å². The number of esters is 1. The van der Waals surface area contributed by atoms with E-state index in [0.717, 1.165) is 16.7 Å². The minimum atomic E-state index is -0.914. The van der Waals surface area contributed by atoms with Crippen molar-refractivity contribution in [3.63, 3.8) is 0 Å². The minimum absolute atomic E-state index is 0.0578. The zero-order valence-electron chi connectivity index (χ0n) is 24.1. The Balaban J connectivity index is 1.27. The zero-order valence-corrected chi connectivity index (χ0v) is 24.1. The predicted octanol–water partition coefficient (Wildman–Crippen LogP) is 4.56. The number of aryl methyl sites for hydroxylation is 1. The number of carbonyl (C=O) groups excluding carboxylic acids is 3. The molecule has 0 saturated carbocycles. The number of hydrogen-bond donors (Lipinski definition) is 2. The molecule has 5 rings (SSSR count). The molecule has 3 aromatic carbocycles. The number of nitrogens with one attached hydrogen (secondary N) is 2. The van der Waals surface area contributed by atoms with Gasteiger partial charge in [0.15, 0.2) is 0 Å². The summed E-state index contributed by atoms with van der Waals surface area (Å²) in [5.74, 6) is -1.48. The molecule has 0 spiro atoms. The highest BCUT2D eigenvalue weighted by Gasteiger charge is 2.36. The molecule has 0 radical (unpaired) electrons. The third kappa shape index (κ3) is 8.39. The molecule has 1 aliphatic rings. The number of pyridine rings is 1. The average molecular weight is 592 g/mol. The maximum Gasteiger partial charge on any atom is 0.331 e. The second kappa shape index (κ2) is 14.8. The van der Waals surface area contributed by atoms with E-state index < -0.39 is 29.8 Å². The van der Waals surface area contributed by atoms with Gasteiger partial charge in [0.25, 0.3) is 5.56 Å². The van der Waals surface area contributed by atoms with E-state index in [1.165, 1.54) is 10.6 Å². The molecule has 1 saturated heterocycles. The van der Waals surface area contributed by atoms with E-state index in [9.17, 15) is 19.2 Å². The third-order valence-electron chi connectivity index (χ3n) is 7.09. The van der Waals surface area contributed by atoms with Crippen LogP contribution in [-0.4, -0.2) is 34.7 Å². The minimum Gasteiger partial charge on any atom is -0.434 e. The van der Waals surface area contributed by atoms with Crippen molar-refractivity contribution in [1.82, 2.24) is 9.88 Å². The molecule has 9 heteroatoms. The Morgan fingerprint density at radius 1 is 0.818 bits per heavy atom. The van der Waals surface area contributed by atoms with Crippen LogP contribution in [-0.2, 0) is 43.4 Å². The summed E-state index contributed by atoms with van der Waals surface area (Å²) in [6, 6.07) is 30.9. The molecule has 2 unspecified atom stereocenters. The van der Waals surface area contributed by atoms with Crippen LogP contribution in [0.2, 0.25) is 0 Å². The lowest BCUT2D eigenvalue weighted by Crippen LogP contribution is -2.42. The number of ether oxygens (including phenoxy) is 2. The van der Waals surface area contributed by atoms with Gasteiger partial charge < -0.3 is 20.1 Å². The lowest BCUT2D eigenvalue weighted by molar-refractivity contribution is -0.165. The van der Waals surface area contributed by atoms with Gasteiger partial charge in [-0.05, 0) is 41.3 Å². The molecule has 1 aromatic heterocycles. The number of aromatic nitrogens is 1. The number of cyclic esters (lactones) is 1. The van der Waals surface area contributed by atoms with Gasteiger partial charge >= 0.3 is 5.97 Å². The van der Waals surface area contributed by atoms with E-state index in [0.29, 0.717) is 12.1 Å². The summed E-state index contributed by atoms with van der Waals surface area (Å²) in [6.07, 6.45) is 3.61. The number of anilines is 1. The molecule has 1 aliphatic heterocycles. The third-order valence-corrected chi connectivity index (χ3v) is 7.09. The lowest BCUT2D eigenvalue weighted by Gasteiger charge is -2.15. The maximum absolute atomic E-state index is 13.5. The highest BCUT2D eigenvalue weighted by atomic mass is 16.7. The molecule has 4 aromatic rings. The molecule has 9 nitrogen and oxygen atoms in total. The smallest absolute Gasteiger partial charge is 0.331 e. The first-order chi connectivity index (χ1) is 21.4. The Morgan fingerprint density at radius 2 is 1.48 bits per heavy atom. The summed E-state index contributed by atoms with van der Waals surface area (Å²) in [5, 5.41) is 5.36. The van der Waals surface area contributed by atoms with Gasteiger partial charge in [0, 0.05) is 18.5 Å².